The van der Waals surface area contributed by atoms with Crippen molar-refractivity contribution in [1.82, 2.24) is 15.6 Å². The van der Waals surface area contributed by atoms with E-state index in [0.29, 0.717) is 12.2 Å². The summed E-state index contributed by atoms with van der Waals surface area (Å²) in [5.74, 6) is -0.234. The van der Waals surface area contributed by atoms with E-state index in [4.69, 9.17) is 0 Å². The largest absolute Gasteiger partial charge is 0.351 e. The fraction of sp³-hybridized carbons (Fsp3) is 0.308. The van der Waals surface area contributed by atoms with Crippen LogP contribution < -0.4 is 5.32 Å². The van der Waals surface area contributed by atoms with Crippen LogP contribution in [0.25, 0.3) is 0 Å². The van der Waals surface area contributed by atoms with E-state index in [0.717, 1.165) is 12.8 Å². The first kappa shape index (κ1) is 12.3. The Morgan fingerprint density at radius 3 is 2.72 bits per heavy atom. The third-order valence-electron chi connectivity index (χ3n) is 2.64. The van der Waals surface area contributed by atoms with Gasteiger partial charge in [0, 0.05) is 6.54 Å². The monoisotopic (exact) mass is 245 g/mol. The van der Waals surface area contributed by atoms with Gasteiger partial charge in [-0.15, -0.1) is 0 Å². The number of rotatable bonds is 5. The normalized spacial score (nSPS) is 10.3. The number of hydrogen-bond acceptors (Lipinski definition) is 4. The maximum Gasteiger partial charge on any atom is 0.275 e. The van der Waals surface area contributed by atoms with E-state index < -0.39 is 0 Å². The van der Waals surface area contributed by atoms with E-state index in [9.17, 15) is 4.79 Å². The van der Waals surface area contributed by atoms with Gasteiger partial charge < -0.3 is 5.32 Å². The summed E-state index contributed by atoms with van der Waals surface area (Å²) in [4.78, 5) is 11.7. The highest BCUT2D eigenvalue weighted by molar-refractivity contribution is 5.92. The van der Waals surface area contributed by atoms with Gasteiger partial charge in [0.05, 0.1) is 0 Å². The van der Waals surface area contributed by atoms with Crippen LogP contribution in [0.15, 0.2) is 35.0 Å². The third-order valence-corrected chi connectivity index (χ3v) is 2.64. The van der Waals surface area contributed by atoms with Crippen LogP contribution in [0, 0.1) is 6.92 Å². The fourth-order valence-electron chi connectivity index (χ4n) is 1.66. The lowest BCUT2D eigenvalue weighted by Gasteiger charge is -2.03. The first-order valence-corrected chi connectivity index (χ1v) is 5.88. The standard InChI is InChI=1S/C13H15N3O2/c1-10-12(16-18-15-10)13(17)14-9-5-8-11-6-3-2-4-7-11/h2-4,6-7H,5,8-9H2,1H3,(H,14,17). The SMILES string of the molecule is Cc1nonc1C(=O)NCCCc1ccccc1. The Hall–Kier alpha value is -2.17. The summed E-state index contributed by atoms with van der Waals surface area (Å²) in [6, 6.07) is 10.2. The third kappa shape index (κ3) is 3.16. The average molecular weight is 245 g/mol. The Balaban J connectivity index is 1.73. The lowest BCUT2D eigenvalue weighted by atomic mass is 10.1. The van der Waals surface area contributed by atoms with Crippen LogP contribution in [-0.2, 0) is 6.42 Å². The molecule has 2 rings (SSSR count). The average Bonchev–Trinajstić information content (AvgIpc) is 2.82. The van der Waals surface area contributed by atoms with Gasteiger partial charge in [-0.1, -0.05) is 35.5 Å². The van der Waals surface area contributed by atoms with Crippen molar-refractivity contribution in [3.8, 4) is 0 Å². The Bertz CT molecular complexity index is 508. The number of hydrogen-bond donors (Lipinski definition) is 1. The van der Waals surface area contributed by atoms with Gasteiger partial charge in [0.2, 0.25) is 0 Å². The van der Waals surface area contributed by atoms with Gasteiger partial charge in [-0.3, -0.25) is 4.79 Å². The molecule has 0 aliphatic heterocycles. The highest BCUT2D eigenvalue weighted by Crippen LogP contribution is 2.02. The van der Waals surface area contributed by atoms with Crippen LogP contribution in [0.2, 0.25) is 0 Å². The molecule has 1 heterocycles. The van der Waals surface area contributed by atoms with Gasteiger partial charge in [-0.05, 0) is 30.5 Å². The molecule has 0 spiro atoms. The summed E-state index contributed by atoms with van der Waals surface area (Å²) in [5.41, 5.74) is 2.04. The molecular formula is C13H15N3O2. The van der Waals surface area contributed by atoms with Crippen LogP contribution >= 0.6 is 0 Å². The molecule has 0 saturated carbocycles. The summed E-state index contributed by atoms with van der Waals surface area (Å²) in [6.07, 6.45) is 1.83. The van der Waals surface area contributed by atoms with Gasteiger partial charge in [-0.25, -0.2) is 4.63 Å². The first-order valence-electron chi connectivity index (χ1n) is 5.88. The molecule has 0 aliphatic rings. The molecule has 0 saturated heterocycles. The minimum Gasteiger partial charge on any atom is -0.351 e. The van der Waals surface area contributed by atoms with E-state index in [1.165, 1.54) is 5.56 Å². The van der Waals surface area contributed by atoms with Gasteiger partial charge in [0.1, 0.15) is 5.69 Å². The van der Waals surface area contributed by atoms with Crippen molar-refractivity contribution in [2.45, 2.75) is 19.8 Å². The van der Waals surface area contributed by atoms with Crippen molar-refractivity contribution in [2.75, 3.05) is 6.54 Å². The Kier molecular flexibility index (Phi) is 4.06. The van der Waals surface area contributed by atoms with Crippen LogP contribution in [-0.4, -0.2) is 22.8 Å². The summed E-state index contributed by atoms with van der Waals surface area (Å²) < 4.78 is 4.48. The van der Waals surface area contributed by atoms with E-state index >= 15 is 0 Å². The fourth-order valence-corrected chi connectivity index (χ4v) is 1.66. The minimum atomic E-state index is -0.234. The molecule has 94 valence electrons. The summed E-state index contributed by atoms with van der Waals surface area (Å²) in [6.45, 7) is 2.30. The number of nitrogens with zero attached hydrogens (tertiary/aromatic N) is 2. The van der Waals surface area contributed by atoms with Crippen molar-refractivity contribution < 1.29 is 9.42 Å². The van der Waals surface area contributed by atoms with Crippen molar-refractivity contribution >= 4 is 5.91 Å². The van der Waals surface area contributed by atoms with Crippen LogP contribution in [0.4, 0.5) is 0 Å². The van der Waals surface area contributed by atoms with E-state index in [-0.39, 0.29) is 11.6 Å². The molecule has 0 fully saturated rings. The quantitative estimate of drug-likeness (QED) is 0.815. The number of aromatic nitrogens is 2. The highest BCUT2D eigenvalue weighted by Gasteiger charge is 2.13. The zero-order valence-corrected chi connectivity index (χ0v) is 10.2. The maximum absolute atomic E-state index is 11.7. The van der Waals surface area contributed by atoms with Crippen molar-refractivity contribution in [2.24, 2.45) is 0 Å². The minimum absolute atomic E-state index is 0.234. The molecule has 0 aliphatic carbocycles. The number of carbonyl (C=O) groups excluding carboxylic acids is 1. The zero-order chi connectivity index (χ0) is 12.8. The molecule has 0 bridgehead atoms. The molecule has 1 aromatic heterocycles. The van der Waals surface area contributed by atoms with Crippen LogP contribution in [0.1, 0.15) is 28.2 Å². The molecule has 1 N–H and O–H groups in total. The van der Waals surface area contributed by atoms with Crippen molar-refractivity contribution in [1.29, 1.82) is 0 Å². The highest BCUT2D eigenvalue weighted by atomic mass is 16.6. The molecular weight excluding hydrogens is 230 g/mol. The summed E-state index contributed by atoms with van der Waals surface area (Å²) in [7, 11) is 0. The van der Waals surface area contributed by atoms with Crippen LogP contribution in [0.3, 0.4) is 0 Å². The second-order valence-electron chi connectivity index (χ2n) is 4.04. The topological polar surface area (TPSA) is 68.0 Å². The number of benzene rings is 1. The summed E-state index contributed by atoms with van der Waals surface area (Å²) >= 11 is 0. The molecule has 1 amide bonds. The van der Waals surface area contributed by atoms with Gasteiger partial charge in [-0.2, -0.15) is 0 Å². The molecule has 2 aromatic rings. The molecule has 1 aromatic carbocycles. The van der Waals surface area contributed by atoms with E-state index in [2.05, 4.69) is 32.4 Å². The number of aryl methyl sites for hydroxylation is 2. The van der Waals surface area contributed by atoms with E-state index in [1.54, 1.807) is 6.92 Å². The maximum atomic E-state index is 11.7. The summed E-state index contributed by atoms with van der Waals surface area (Å²) in [5, 5.41) is 9.92. The second-order valence-corrected chi connectivity index (χ2v) is 4.04. The molecule has 0 atom stereocenters. The van der Waals surface area contributed by atoms with Gasteiger partial charge >= 0.3 is 0 Å². The second kappa shape index (κ2) is 5.95. The smallest absolute Gasteiger partial charge is 0.275 e. The number of carbonyl (C=O) groups is 1. The van der Waals surface area contributed by atoms with Crippen molar-refractivity contribution in [3.05, 3.63) is 47.3 Å². The zero-order valence-electron chi connectivity index (χ0n) is 10.2. The lowest BCUT2D eigenvalue weighted by Crippen LogP contribution is -2.25. The first-order chi connectivity index (χ1) is 8.77. The Morgan fingerprint density at radius 2 is 2.06 bits per heavy atom. The Morgan fingerprint density at radius 1 is 1.28 bits per heavy atom. The predicted molar refractivity (Wildman–Crippen MR) is 66.1 cm³/mol. The molecule has 5 nitrogen and oxygen atoms in total. The van der Waals surface area contributed by atoms with Crippen molar-refractivity contribution in [3.63, 3.8) is 0 Å². The predicted octanol–water partition coefficient (Wildman–Crippen LogP) is 1.74. The number of nitrogens with one attached hydrogen (secondary N) is 1. The number of amides is 1. The van der Waals surface area contributed by atoms with Gasteiger partial charge in [0.15, 0.2) is 5.69 Å². The Labute approximate surface area is 105 Å². The molecule has 0 radical (unpaired) electrons. The molecule has 5 heteroatoms. The van der Waals surface area contributed by atoms with Gasteiger partial charge in [0.25, 0.3) is 5.91 Å². The lowest BCUT2D eigenvalue weighted by molar-refractivity contribution is 0.0943. The van der Waals surface area contributed by atoms with Crippen LogP contribution in [0.5, 0.6) is 0 Å². The van der Waals surface area contributed by atoms with E-state index in [1.807, 2.05) is 18.2 Å². The molecule has 18 heavy (non-hydrogen) atoms. The molecule has 0 unspecified atom stereocenters.